The number of carbonyl (C=O) groups excluding carboxylic acids is 2. The summed E-state index contributed by atoms with van der Waals surface area (Å²) >= 11 is 5.81. The molecule has 2 rings (SSSR count). The number of carbonyl (C=O) groups is 2. The highest BCUT2D eigenvalue weighted by Gasteiger charge is 2.13. The minimum Gasteiger partial charge on any atom is -0.452 e. The van der Waals surface area contributed by atoms with Crippen LogP contribution in [0.4, 0.5) is 0 Å². The van der Waals surface area contributed by atoms with E-state index in [2.05, 4.69) is 10.3 Å². The Labute approximate surface area is 133 Å². The fraction of sp³-hybridized carbons (Fsp3) is 0.188. The number of hydrogen-bond donors (Lipinski definition) is 1. The number of hydrogen-bond acceptors (Lipinski definition) is 4. The molecule has 0 bridgehead atoms. The van der Waals surface area contributed by atoms with E-state index in [1.54, 1.807) is 30.5 Å². The number of rotatable bonds is 5. The van der Waals surface area contributed by atoms with Crippen molar-refractivity contribution in [2.24, 2.45) is 0 Å². The van der Waals surface area contributed by atoms with E-state index in [0.29, 0.717) is 10.6 Å². The standard InChI is InChI=1S/C16H15ClN2O3/c1-11(12-4-6-14(17)7-5-12)19-15(20)10-22-16(21)13-3-2-8-18-9-13/h2-9,11H,10H2,1H3,(H,19,20)/t11-/m1/s1. The monoisotopic (exact) mass is 318 g/mol. The molecule has 1 heterocycles. The van der Waals surface area contributed by atoms with Crippen LogP contribution in [-0.2, 0) is 9.53 Å². The minimum atomic E-state index is -0.581. The largest absolute Gasteiger partial charge is 0.452 e. The van der Waals surface area contributed by atoms with Crippen molar-refractivity contribution >= 4 is 23.5 Å². The fourth-order valence-corrected chi connectivity index (χ4v) is 1.94. The number of esters is 1. The number of halogens is 1. The van der Waals surface area contributed by atoms with Crippen LogP contribution in [0.5, 0.6) is 0 Å². The Morgan fingerprint density at radius 1 is 1.27 bits per heavy atom. The lowest BCUT2D eigenvalue weighted by molar-refractivity contribution is -0.124. The molecule has 0 saturated carbocycles. The van der Waals surface area contributed by atoms with Crippen molar-refractivity contribution in [1.29, 1.82) is 0 Å². The van der Waals surface area contributed by atoms with Crippen molar-refractivity contribution in [3.63, 3.8) is 0 Å². The number of nitrogens with zero attached hydrogens (tertiary/aromatic N) is 1. The second-order valence-electron chi connectivity index (χ2n) is 4.66. The first-order valence-electron chi connectivity index (χ1n) is 6.68. The van der Waals surface area contributed by atoms with E-state index in [4.69, 9.17) is 16.3 Å². The molecule has 5 nitrogen and oxygen atoms in total. The molecule has 0 spiro atoms. The average molecular weight is 319 g/mol. The molecule has 0 aliphatic heterocycles. The molecule has 1 aromatic carbocycles. The number of ether oxygens (including phenoxy) is 1. The molecular weight excluding hydrogens is 304 g/mol. The highest BCUT2D eigenvalue weighted by Crippen LogP contribution is 2.15. The van der Waals surface area contributed by atoms with Crippen molar-refractivity contribution in [2.75, 3.05) is 6.61 Å². The van der Waals surface area contributed by atoms with Gasteiger partial charge in [-0.2, -0.15) is 0 Å². The molecule has 22 heavy (non-hydrogen) atoms. The highest BCUT2D eigenvalue weighted by molar-refractivity contribution is 6.30. The second-order valence-corrected chi connectivity index (χ2v) is 5.10. The van der Waals surface area contributed by atoms with Gasteiger partial charge in [-0.25, -0.2) is 4.79 Å². The van der Waals surface area contributed by atoms with Crippen LogP contribution in [0, 0.1) is 0 Å². The maximum Gasteiger partial charge on any atom is 0.340 e. The molecule has 0 aliphatic carbocycles. The van der Waals surface area contributed by atoms with Crippen LogP contribution in [0.3, 0.4) is 0 Å². The summed E-state index contributed by atoms with van der Waals surface area (Å²) in [7, 11) is 0. The summed E-state index contributed by atoms with van der Waals surface area (Å²) < 4.78 is 4.93. The van der Waals surface area contributed by atoms with Crippen LogP contribution in [0.25, 0.3) is 0 Å². The maximum atomic E-state index is 11.8. The van der Waals surface area contributed by atoms with Gasteiger partial charge < -0.3 is 10.1 Å². The lowest BCUT2D eigenvalue weighted by Gasteiger charge is -2.14. The SMILES string of the molecule is C[C@@H](NC(=O)COC(=O)c1cccnc1)c1ccc(Cl)cc1. The summed E-state index contributed by atoms with van der Waals surface area (Å²) in [6.45, 7) is 1.50. The van der Waals surface area contributed by atoms with Crippen molar-refractivity contribution in [2.45, 2.75) is 13.0 Å². The zero-order chi connectivity index (χ0) is 15.9. The minimum absolute atomic E-state index is 0.207. The molecule has 6 heteroatoms. The molecule has 0 fully saturated rings. The molecule has 1 atom stereocenters. The third-order valence-electron chi connectivity index (χ3n) is 2.98. The smallest absolute Gasteiger partial charge is 0.340 e. The third-order valence-corrected chi connectivity index (χ3v) is 3.23. The summed E-state index contributed by atoms with van der Waals surface area (Å²) in [5, 5.41) is 3.38. The third kappa shape index (κ3) is 4.56. The van der Waals surface area contributed by atoms with Crippen LogP contribution in [0.2, 0.25) is 5.02 Å². The van der Waals surface area contributed by atoms with Gasteiger partial charge in [0, 0.05) is 17.4 Å². The summed E-state index contributed by atoms with van der Waals surface area (Å²) in [6.07, 6.45) is 2.94. The van der Waals surface area contributed by atoms with Gasteiger partial charge in [-0.1, -0.05) is 23.7 Å². The van der Waals surface area contributed by atoms with Crippen LogP contribution < -0.4 is 5.32 Å². The van der Waals surface area contributed by atoms with E-state index in [0.717, 1.165) is 5.56 Å². The van der Waals surface area contributed by atoms with Gasteiger partial charge >= 0.3 is 5.97 Å². The first kappa shape index (κ1) is 16.0. The number of nitrogens with one attached hydrogen (secondary N) is 1. The van der Waals surface area contributed by atoms with E-state index in [1.165, 1.54) is 6.20 Å². The topological polar surface area (TPSA) is 68.3 Å². The van der Waals surface area contributed by atoms with E-state index in [1.807, 2.05) is 19.1 Å². The van der Waals surface area contributed by atoms with Crippen molar-refractivity contribution in [1.82, 2.24) is 10.3 Å². The Kier molecular flexibility index (Phi) is 5.49. The Balaban J connectivity index is 1.83. The first-order valence-corrected chi connectivity index (χ1v) is 7.06. The quantitative estimate of drug-likeness (QED) is 0.861. The molecule has 0 aliphatic rings. The Morgan fingerprint density at radius 3 is 2.64 bits per heavy atom. The summed E-state index contributed by atoms with van der Waals surface area (Å²) in [4.78, 5) is 27.3. The highest BCUT2D eigenvalue weighted by atomic mass is 35.5. The molecule has 1 amide bonds. The Morgan fingerprint density at radius 2 is 2.00 bits per heavy atom. The van der Waals surface area contributed by atoms with Crippen LogP contribution in [0.1, 0.15) is 28.9 Å². The zero-order valence-electron chi connectivity index (χ0n) is 12.0. The van der Waals surface area contributed by atoms with Crippen molar-refractivity contribution in [3.05, 3.63) is 64.9 Å². The van der Waals surface area contributed by atoms with Crippen LogP contribution in [-0.4, -0.2) is 23.5 Å². The van der Waals surface area contributed by atoms with Gasteiger partial charge in [0.05, 0.1) is 11.6 Å². The predicted octanol–water partition coefficient (Wildman–Crippen LogP) is 2.77. The molecule has 0 unspecified atom stereocenters. The van der Waals surface area contributed by atoms with E-state index >= 15 is 0 Å². The Bertz CT molecular complexity index is 644. The molecule has 1 N–H and O–H groups in total. The van der Waals surface area contributed by atoms with Crippen molar-refractivity contribution in [3.8, 4) is 0 Å². The van der Waals surface area contributed by atoms with Gasteiger partial charge in [0.2, 0.25) is 0 Å². The van der Waals surface area contributed by atoms with Gasteiger partial charge in [0.25, 0.3) is 5.91 Å². The predicted molar refractivity (Wildman–Crippen MR) is 82.5 cm³/mol. The van der Waals surface area contributed by atoms with Crippen LogP contribution in [0.15, 0.2) is 48.8 Å². The lowest BCUT2D eigenvalue weighted by atomic mass is 10.1. The number of aromatic nitrogens is 1. The summed E-state index contributed by atoms with van der Waals surface area (Å²) in [6, 6.07) is 10.2. The molecule has 0 saturated heterocycles. The van der Waals surface area contributed by atoms with Gasteiger partial charge in [-0.15, -0.1) is 0 Å². The zero-order valence-corrected chi connectivity index (χ0v) is 12.7. The van der Waals surface area contributed by atoms with E-state index in [9.17, 15) is 9.59 Å². The average Bonchev–Trinajstić information content (AvgIpc) is 2.54. The summed E-state index contributed by atoms with van der Waals surface area (Å²) in [5.74, 6) is -0.956. The van der Waals surface area contributed by atoms with E-state index in [-0.39, 0.29) is 18.6 Å². The normalized spacial score (nSPS) is 11.5. The lowest BCUT2D eigenvalue weighted by Crippen LogP contribution is -2.31. The summed E-state index contributed by atoms with van der Waals surface area (Å²) in [5.41, 5.74) is 1.22. The fourth-order valence-electron chi connectivity index (χ4n) is 1.82. The van der Waals surface area contributed by atoms with Crippen LogP contribution >= 0.6 is 11.6 Å². The molecular formula is C16H15ClN2O3. The molecule has 114 valence electrons. The number of benzene rings is 1. The number of amides is 1. The second kappa shape index (κ2) is 7.56. The Hall–Kier alpha value is -2.40. The maximum absolute atomic E-state index is 11.8. The van der Waals surface area contributed by atoms with Crippen molar-refractivity contribution < 1.29 is 14.3 Å². The number of pyridine rings is 1. The molecule has 0 radical (unpaired) electrons. The van der Waals surface area contributed by atoms with Gasteiger partial charge in [-0.3, -0.25) is 9.78 Å². The first-order chi connectivity index (χ1) is 10.6. The molecule has 2 aromatic rings. The van der Waals surface area contributed by atoms with Gasteiger partial charge in [-0.05, 0) is 36.8 Å². The van der Waals surface area contributed by atoms with Gasteiger partial charge in [0.15, 0.2) is 6.61 Å². The molecule has 1 aromatic heterocycles. The van der Waals surface area contributed by atoms with E-state index < -0.39 is 5.97 Å². The van der Waals surface area contributed by atoms with Gasteiger partial charge in [0.1, 0.15) is 0 Å².